The Morgan fingerprint density at radius 3 is 2.33 bits per heavy atom. The molecule has 0 aliphatic carbocycles. The van der Waals surface area contributed by atoms with Crippen molar-refractivity contribution in [2.75, 3.05) is 0 Å². The largest absolute Gasteiger partial charge is 0.0911 e. The molecule has 0 bridgehead atoms. The van der Waals surface area contributed by atoms with Gasteiger partial charge in [0.25, 0.3) is 0 Å². The van der Waals surface area contributed by atoms with Crippen LogP contribution in [0.2, 0.25) is 0 Å². The maximum Gasteiger partial charge on any atom is -0.00487 e. The normalized spacial score (nSPS) is 16.2. The van der Waals surface area contributed by atoms with Gasteiger partial charge >= 0.3 is 0 Å². The number of allylic oxidation sites excluding steroid dienone is 6. The molecule has 0 radical (unpaired) electrons. The van der Waals surface area contributed by atoms with Gasteiger partial charge in [-0.05, 0) is 26.2 Å². The van der Waals surface area contributed by atoms with E-state index in [2.05, 4.69) is 51.2 Å². The van der Waals surface area contributed by atoms with Crippen LogP contribution in [0.4, 0.5) is 0 Å². The van der Waals surface area contributed by atoms with Crippen LogP contribution in [-0.4, -0.2) is 0 Å². The summed E-state index contributed by atoms with van der Waals surface area (Å²) in [5.41, 5.74) is 1.49. The molecule has 68 valence electrons. The summed E-state index contributed by atoms with van der Waals surface area (Å²) in [6.07, 6.45) is 11.9. The molecule has 0 N–H and O–H groups in total. The Balaban J connectivity index is 4.32. The third-order valence-corrected chi connectivity index (χ3v) is 1.98. The summed E-state index contributed by atoms with van der Waals surface area (Å²) >= 11 is 0. The van der Waals surface area contributed by atoms with Gasteiger partial charge in [-0.15, -0.1) is 0 Å². The molecule has 0 amide bonds. The van der Waals surface area contributed by atoms with Crippen molar-refractivity contribution < 1.29 is 0 Å². The molecule has 0 heteroatoms. The molecule has 0 saturated carbocycles. The second-order valence-corrected chi connectivity index (χ2v) is 2.94. The topological polar surface area (TPSA) is 0 Å². The van der Waals surface area contributed by atoms with Gasteiger partial charge < -0.3 is 0 Å². The molecule has 1 atom stereocenters. The zero-order valence-corrected chi connectivity index (χ0v) is 8.67. The Kier molecular flexibility index (Phi) is 6.45. The van der Waals surface area contributed by atoms with Gasteiger partial charge in [0.1, 0.15) is 0 Å². The third kappa shape index (κ3) is 4.17. The van der Waals surface area contributed by atoms with E-state index >= 15 is 0 Å². The lowest BCUT2D eigenvalue weighted by Gasteiger charge is -2.08. The first kappa shape index (κ1) is 11.2. The lowest BCUT2D eigenvalue weighted by molar-refractivity contribution is 0.808. The second-order valence-electron chi connectivity index (χ2n) is 2.94. The van der Waals surface area contributed by atoms with E-state index in [-0.39, 0.29) is 0 Å². The molecule has 0 rings (SSSR count). The molecule has 0 spiro atoms. The fourth-order valence-corrected chi connectivity index (χ4v) is 1.22. The second kappa shape index (κ2) is 6.90. The summed E-state index contributed by atoms with van der Waals surface area (Å²) < 4.78 is 0. The van der Waals surface area contributed by atoms with E-state index in [1.807, 2.05) is 6.92 Å². The lowest BCUT2D eigenvalue weighted by atomic mass is 9.98. The van der Waals surface area contributed by atoms with Crippen LogP contribution < -0.4 is 0 Å². The van der Waals surface area contributed by atoms with Gasteiger partial charge in [0.2, 0.25) is 0 Å². The van der Waals surface area contributed by atoms with E-state index < -0.39 is 0 Å². The third-order valence-electron chi connectivity index (χ3n) is 1.98. The zero-order valence-electron chi connectivity index (χ0n) is 8.67. The van der Waals surface area contributed by atoms with E-state index in [1.165, 1.54) is 5.57 Å². The highest BCUT2D eigenvalue weighted by molar-refractivity contribution is 5.17. The van der Waals surface area contributed by atoms with Crippen molar-refractivity contribution in [3.05, 3.63) is 36.0 Å². The van der Waals surface area contributed by atoms with E-state index in [4.69, 9.17) is 0 Å². The van der Waals surface area contributed by atoms with Crippen molar-refractivity contribution in [3.63, 3.8) is 0 Å². The van der Waals surface area contributed by atoms with Gasteiger partial charge in [-0.2, -0.15) is 0 Å². The molecule has 0 aromatic heterocycles. The van der Waals surface area contributed by atoms with Crippen LogP contribution in [0.5, 0.6) is 0 Å². The highest BCUT2D eigenvalue weighted by atomic mass is 14.1. The maximum atomic E-state index is 2.23. The molecule has 0 fully saturated rings. The number of hydrogen-bond acceptors (Lipinski definition) is 0. The van der Waals surface area contributed by atoms with E-state index in [9.17, 15) is 0 Å². The van der Waals surface area contributed by atoms with Crippen LogP contribution in [0.25, 0.3) is 0 Å². The Morgan fingerprint density at radius 1 is 1.25 bits per heavy atom. The molecule has 0 nitrogen and oxygen atoms in total. The molecule has 0 aliphatic heterocycles. The van der Waals surface area contributed by atoms with E-state index in [1.54, 1.807) is 0 Å². The standard InChI is InChI=1S/C12H20/c1-5-8-10-12(7-3)11(4)9-6-2/h5-6,8-11H,7H2,1-4H3. The summed E-state index contributed by atoms with van der Waals surface area (Å²) in [7, 11) is 0. The summed E-state index contributed by atoms with van der Waals surface area (Å²) in [5.74, 6) is 0.580. The Labute approximate surface area is 76.7 Å². The van der Waals surface area contributed by atoms with Crippen LogP contribution >= 0.6 is 0 Å². The summed E-state index contributed by atoms with van der Waals surface area (Å²) in [6, 6.07) is 0. The molecular formula is C12H20. The van der Waals surface area contributed by atoms with Crippen molar-refractivity contribution in [1.82, 2.24) is 0 Å². The van der Waals surface area contributed by atoms with Crippen molar-refractivity contribution in [1.29, 1.82) is 0 Å². The Morgan fingerprint density at radius 2 is 1.92 bits per heavy atom. The van der Waals surface area contributed by atoms with Crippen LogP contribution in [0.3, 0.4) is 0 Å². The van der Waals surface area contributed by atoms with Crippen LogP contribution in [-0.2, 0) is 0 Å². The zero-order chi connectivity index (χ0) is 9.40. The van der Waals surface area contributed by atoms with Gasteiger partial charge in [-0.25, -0.2) is 0 Å². The molecule has 0 aromatic carbocycles. The van der Waals surface area contributed by atoms with E-state index in [0.717, 1.165) is 6.42 Å². The summed E-state index contributed by atoms with van der Waals surface area (Å²) in [5, 5.41) is 0. The molecule has 0 saturated heterocycles. The first-order valence-corrected chi connectivity index (χ1v) is 4.70. The molecule has 12 heavy (non-hydrogen) atoms. The smallest absolute Gasteiger partial charge is 0.00487 e. The maximum absolute atomic E-state index is 2.23. The minimum Gasteiger partial charge on any atom is -0.0911 e. The summed E-state index contributed by atoms with van der Waals surface area (Å²) in [6.45, 7) is 8.55. The summed E-state index contributed by atoms with van der Waals surface area (Å²) in [4.78, 5) is 0. The SMILES string of the molecule is CC=CC=C(CC)C(C)C=CC. The molecular weight excluding hydrogens is 144 g/mol. The number of hydrogen-bond donors (Lipinski definition) is 0. The highest BCUT2D eigenvalue weighted by Crippen LogP contribution is 2.15. The van der Waals surface area contributed by atoms with Crippen molar-refractivity contribution >= 4 is 0 Å². The van der Waals surface area contributed by atoms with Crippen molar-refractivity contribution in [2.45, 2.75) is 34.1 Å². The molecule has 0 heterocycles. The van der Waals surface area contributed by atoms with Gasteiger partial charge in [0.05, 0.1) is 0 Å². The van der Waals surface area contributed by atoms with Gasteiger partial charge in [-0.3, -0.25) is 0 Å². The molecule has 1 unspecified atom stereocenters. The van der Waals surface area contributed by atoms with Crippen molar-refractivity contribution in [3.8, 4) is 0 Å². The van der Waals surface area contributed by atoms with Gasteiger partial charge in [0.15, 0.2) is 0 Å². The Hall–Kier alpha value is -0.780. The fourth-order valence-electron chi connectivity index (χ4n) is 1.22. The number of rotatable bonds is 4. The minimum absolute atomic E-state index is 0.580. The van der Waals surface area contributed by atoms with Gasteiger partial charge in [-0.1, -0.05) is 49.8 Å². The monoisotopic (exact) mass is 164 g/mol. The molecule has 0 aromatic rings. The highest BCUT2D eigenvalue weighted by Gasteiger charge is 2.00. The van der Waals surface area contributed by atoms with Crippen LogP contribution in [0.1, 0.15) is 34.1 Å². The van der Waals surface area contributed by atoms with Crippen molar-refractivity contribution in [2.24, 2.45) is 5.92 Å². The van der Waals surface area contributed by atoms with Gasteiger partial charge in [0, 0.05) is 0 Å². The Bertz CT molecular complexity index is 182. The minimum atomic E-state index is 0.580. The quantitative estimate of drug-likeness (QED) is 0.433. The first-order valence-electron chi connectivity index (χ1n) is 4.70. The van der Waals surface area contributed by atoms with E-state index in [0.29, 0.717) is 5.92 Å². The molecule has 0 aliphatic rings. The fraction of sp³-hybridized carbons (Fsp3) is 0.500. The predicted molar refractivity (Wildman–Crippen MR) is 57.2 cm³/mol. The first-order chi connectivity index (χ1) is 5.76. The van der Waals surface area contributed by atoms with Crippen LogP contribution in [0, 0.1) is 5.92 Å². The predicted octanol–water partition coefficient (Wildman–Crippen LogP) is 4.11. The van der Waals surface area contributed by atoms with Crippen LogP contribution in [0.15, 0.2) is 36.0 Å². The average molecular weight is 164 g/mol. The lowest BCUT2D eigenvalue weighted by Crippen LogP contribution is -1.93. The average Bonchev–Trinajstić information content (AvgIpc) is 2.06.